The van der Waals surface area contributed by atoms with Gasteiger partial charge in [0.05, 0.1) is 22.8 Å². The Balaban J connectivity index is 1.52. The van der Waals surface area contributed by atoms with Crippen molar-refractivity contribution < 1.29 is 9.53 Å². The first-order valence-corrected chi connectivity index (χ1v) is 11.0. The predicted octanol–water partition coefficient (Wildman–Crippen LogP) is 4.30. The van der Waals surface area contributed by atoms with Crippen LogP contribution in [-0.4, -0.2) is 26.1 Å². The second kappa shape index (κ2) is 9.90. The van der Waals surface area contributed by atoms with E-state index >= 15 is 0 Å². The van der Waals surface area contributed by atoms with Gasteiger partial charge in [-0.15, -0.1) is 11.5 Å². The van der Waals surface area contributed by atoms with Gasteiger partial charge in [0.25, 0.3) is 11.1 Å². The van der Waals surface area contributed by atoms with Gasteiger partial charge in [-0.2, -0.15) is 5.26 Å². The molecule has 0 unspecified atom stereocenters. The van der Waals surface area contributed by atoms with Crippen molar-refractivity contribution >= 4 is 22.4 Å². The van der Waals surface area contributed by atoms with Crippen LogP contribution in [0, 0.1) is 37.5 Å². The molecule has 0 fully saturated rings. The maximum Gasteiger partial charge on any atom is 0.296 e. The van der Waals surface area contributed by atoms with Gasteiger partial charge in [0.1, 0.15) is 6.61 Å². The predicted molar refractivity (Wildman–Crippen MR) is 128 cm³/mol. The van der Waals surface area contributed by atoms with Crippen molar-refractivity contribution in [3.05, 3.63) is 82.4 Å². The van der Waals surface area contributed by atoms with Crippen molar-refractivity contribution in [3.63, 3.8) is 0 Å². The number of terminal acetylenes is 1. The van der Waals surface area contributed by atoms with E-state index in [2.05, 4.69) is 37.5 Å². The number of anilines is 1. The Morgan fingerprint density at radius 2 is 1.79 bits per heavy atom. The Labute approximate surface area is 200 Å². The Morgan fingerprint density at radius 3 is 2.50 bits per heavy atom. The first kappa shape index (κ1) is 22.6. The molecule has 4 rings (SSSR count). The number of hydrogen-bond acceptors (Lipinski definition) is 8. The highest BCUT2D eigenvalue weighted by Gasteiger charge is 2.18. The molecule has 4 aromatic rings. The number of amides is 1. The highest BCUT2D eigenvalue weighted by Crippen LogP contribution is 2.29. The summed E-state index contributed by atoms with van der Waals surface area (Å²) in [6.07, 6.45) is 8.79. The summed E-state index contributed by atoms with van der Waals surface area (Å²) >= 11 is 1.11. The quantitative estimate of drug-likeness (QED) is 0.422. The van der Waals surface area contributed by atoms with Crippen LogP contribution in [0.15, 0.2) is 48.8 Å². The molecule has 0 aliphatic rings. The summed E-state index contributed by atoms with van der Waals surface area (Å²) in [5.41, 5.74) is 5.31. The highest BCUT2D eigenvalue weighted by atomic mass is 32.1. The minimum Gasteiger partial charge on any atom is -0.464 e. The molecule has 0 bridgehead atoms. The molecule has 0 aliphatic heterocycles. The average Bonchev–Trinajstić information content (AvgIpc) is 3.30. The van der Waals surface area contributed by atoms with Crippen LogP contribution in [0.25, 0.3) is 11.1 Å². The van der Waals surface area contributed by atoms with Crippen molar-refractivity contribution in [2.45, 2.75) is 20.5 Å². The number of carbonyl (C=O) groups excluding carboxylic acids is 1. The molecule has 0 spiro atoms. The summed E-state index contributed by atoms with van der Waals surface area (Å²) < 4.78 is 5.65. The third kappa shape index (κ3) is 5.07. The van der Waals surface area contributed by atoms with Crippen molar-refractivity contribution in [1.82, 2.24) is 20.2 Å². The van der Waals surface area contributed by atoms with Gasteiger partial charge >= 0.3 is 0 Å². The Bertz CT molecular complexity index is 1450. The molecule has 34 heavy (non-hydrogen) atoms. The van der Waals surface area contributed by atoms with E-state index in [-0.39, 0.29) is 11.7 Å². The molecular weight excluding hydrogens is 448 g/mol. The number of aromatic nitrogens is 4. The summed E-state index contributed by atoms with van der Waals surface area (Å²) in [4.78, 5) is 21.6. The molecule has 3 heterocycles. The molecule has 0 aliphatic carbocycles. The Kier molecular flexibility index (Phi) is 6.58. The molecule has 3 aromatic heterocycles. The zero-order valence-corrected chi connectivity index (χ0v) is 19.2. The van der Waals surface area contributed by atoms with Crippen molar-refractivity contribution in [2.75, 3.05) is 5.32 Å². The molecule has 0 saturated carbocycles. The van der Waals surface area contributed by atoms with Crippen molar-refractivity contribution in [2.24, 2.45) is 0 Å². The summed E-state index contributed by atoms with van der Waals surface area (Å²) in [5.74, 6) is 2.23. The number of nitriles is 1. The van der Waals surface area contributed by atoms with Crippen LogP contribution in [0.4, 0.5) is 5.13 Å². The van der Waals surface area contributed by atoms with E-state index in [1.807, 2.05) is 26.0 Å². The van der Waals surface area contributed by atoms with Crippen molar-refractivity contribution in [1.29, 1.82) is 5.26 Å². The van der Waals surface area contributed by atoms with E-state index in [0.29, 0.717) is 27.4 Å². The molecule has 1 amide bonds. The van der Waals surface area contributed by atoms with Crippen molar-refractivity contribution in [3.8, 4) is 34.7 Å². The fraction of sp³-hybridized carbons (Fsp3) is 0.120. The molecule has 0 atom stereocenters. The van der Waals surface area contributed by atoms with Crippen LogP contribution < -0.4 is 10.1 Å². The van der Waals surface area contributed by atoms with E-state index < -0.39 is 5.91 Å². The second-order valence-electron chi connectivity index (χ2n) is 7.31. The number of rotatable bonds is 6. The average molecular weight is 467 g/mol. The minimum atomic E-state index is -0.394. The molecular formula is C25H18N6O2S. The highest BCUT2D eigenvalue weighted by molar-refractivity contribution is 7.17. The van der Waals surface area contributed by atoms with Crippen LogP contribution in [0.3, 0.4) is 0 Å². The summed E-state index contributed by atoms with van der Waals surface area (Å²) in [5, 5.41) is 20.2. The van der Waals surface area contributed by atoms with E-state index in [0.717, 1.165) is 33.9 Å². The summed E-state index contributed by atoms with van der Waals surface area (Å²) in [6.45, 7) is 3.96. The van der Waals surface area contributed by atoms with Crippen LogP contribution in [-0.2, 0) is 6.61 Å². The Morgan fingerprint density at radius 1 is 1.09 bits per heavy atom. The third-order valence-electron chi connectivity index (χ3n) is 4.84. The maximum atomic E-state index is 13.1. The SMILES string of the molecule is C#Cc1cnc(C)cc1-c1cc(C)ncc1C(=O)Nc1nnc(OCc2ccc(C#N)cc2)s1. The largest absolute Gasteiger partial charge is 0.464 e. The van der Waals surface area contributed by atoms with Gasteiger partial charge < -0.3 is 4.74 Å². The number of benzene rings is 1. The first-order valence-electron chi connectivity index (χ1n) is 10.1. The smallest absolute Gasteiger partial charge is 0.296 e. The normalized spacial score (nSPS) is 10.2. The molecule has 1 aromatic carbocycles. The van der Waals surface area contributed by atoms with E-state index in [4.69, 9.17) is 16.4 Å². The lowest BCUT2D eigenvalue weighted by Crippen LogP contribution is -2.14. The van der Waals surface area contributed by atoms with Gasteiger partial charge in [0, 0.05) is 29.3 Å². The fourth-order valence-electron chi connectivity index (χ4n) is 3.16. The van der Waals surface area contributed by atoms with Gasteiger partial charge in [0.2, 0.25) is 5.13 Å². The number of pyridine rings is 2. The zero-order valence-electron chi connectivity index (χ0n) is 18.4. The fourth-order valence-corrected chi connectivity index (χ4v) is 3.76. The number of carbonyl (C=O) groups is 1. The van der Waals surface area contributed by atoms with Crippen LogP contribution >= 0.6 is 11.3 Å². The van der Waals surface area contributed by atoms with Gasteiger partial charge in [0.15, 0.2) is 0 Å². The molecule has 0 saturated heterocycles. The monoisotopic (exact) mass is 466 g/mol. The van der Waals surface area contributed by atoms with E-state index in [9.17, 15) is 4.79 Å². The van der Waals surface area contributed by atoms with E-state index in [1.165, 1.54) is 6.20 Å². The van der Waals surface area contributed by atoms with Gasteiger partial charge in [-0.05, 0) is 60.6 Å². The standard InChI is InChI=1S/C25H18N6O2S/c1-4-19-12-27-15(2)9-20(19)21-10-16(3)28-13-22(21)23(32)29-24-30-31-25(34-24)33-14-18-7-5-17(11-26)6-8-18/h1,5-10,12-13H,14H2,2-3H3,(H,29,30,32). The topological polar surface area (TPSA) is 114 Å². The van der Waals surface area contributed by atoms with Crippen LogP contribution in [0.2, 0.25) is 0 Å². The number of nitrogens with zero attached hydrogens (tertiary/aromatic N) is 5. The second-order valence-corrected chi connectivity index (χ2v) is 8.25. The molecule has 8 nitrogen and oxygen atoms in total. The molecule has 166 valence electrons. The zero-order chi connectivity index (χ0) is 24.1. The number of aryl methyl sites for hydroxylation is 2. The van der Waals surface area contributed by atoms with Gasteiger partial charge in [-0.1, -0.05) is 23.2 Å². The third-order valence-corrected chi connectivity index (χ3v) is 5.60. The lowest BCUT2D eigenvalue weighted by Gasteiger charge is -2.12. The molecule has 9 heteroatoms. The number of hydrogen-bond donors (Lipinski definition) is 1. The Hall–Kier alpha value is -4.60. The minimum absolute atomic E-state index is 0.260. The number of ether oxygens (including phenoxy) is 1. The van der Waals surface area contributed by atoms with Gasteiger partial charge in [-0.3, -0.25) is 20.1 Å². The summed E-state index contributed by atoms with van der Waals surface area (Å²) in [6, 6.07) is 12.8. The molecule has 0 radical (unpaired) electrons. The lowest BCUT2D eigenvalue weighted by atomic mass is 9.96. The van der Waals surface area contributed by atoms with Gasteiger partial charge in [-0.25, -0.2) is 0 Å². The number of nitrogens with one attached hydrogen (secondary N) is 1. The summed E-state index contributed by atoms with van der Waals surface area (Å²) in [7, 11) is 0. The van der Waals surface area contributed by atoms with E-state index in [1.54, 1.807) is 30.5 Å². The van der Waals surface area contributed by atoms with Crippen LogP contribution in [0.5, 0.6) is 5.19 Å². The first-order chi connectivity index (χ1) is 16.5. The molecule has 1 N–H and O–H groups in total. The van der Waals surface area contributed by atoms with Crippen LogP contribution in [0.1, 0.15) is 38.4 Å². The lowest BCUT2D eigenvalue weighted by molar-refractivity contribution is 0.102. The maximum absolute atomic E-state index is 13.1.